The number of rotatable bonds is 3. The molecule has 3 aliphatic rings. The van der Waals surface area contributed by atoms with Gasteiger partial charge in [-0.05, 0) is 44.9 Å². The molecular weight excluding hydrogens is 266 g/mol. The number of hydrogen-bond acceptors (Lipinski definition) is 3. The lowest BCUT2D eigenvalue weighted by Gasteiger charge is -2.45. The first-order valence-electron chi connectivity index (χ1n) is 8.80. The summed E-state index contributed by atoms with van der Waals surface area (Å²) in [6, 6.07) is 0.915. The Balaban J connectivity index is 1.53. The van der Waals surface area contributed by atoms with Gasteiger partial charge in [0.05, 0.1) is 11.5 Å². The third-order valence-electron chi connectivity index (χ3n) is 5.75. The van der Waals surface area contributed by atoms with E-state index in [1.165, 1.54) is 32.1 Å². The van der Waals surface area contributed by atoms with Gasteiger partial charge in [-0.25, -0.2) is 0 Å². The van der Waals surface area contributed by atoms with Crippen LogP contribution in [0, 0.1) is 5.92 Å². The fraction of sp³-hybridized carbons (Fsp3) is 0.941. The Bertz CT molecular complexity index is 360. The highest BCUT2D eigenvalue weighted by molar-refractivity contribution is 5.70. The molecule has 0 aromatic heterocycles. The molecule has 0 aromatic rings. The van der Waals surface area contributed by atoms with Crippen LogP contribution in [-0.4, -0.2) is 35.4 Å². The fourth-order valence-electron chi connectivity index (χ4n) is 4.61. The molecule has 0 bridgehead atoms. The molecule has 2 saturated carbocycles. The van der Waals surface area contributed by atoms with Gasteiger partial charge in [0.1, 0.15) is 0 Å². The summed E-state index contributed by atoms with van der Waals surface area (Å²) in [4.78, 5) is 11.2. The molecular formula is C17H29NO3. The second-order valence-corrected chi connectivity index (χ2v) is 7.35. The van der Waals surface area contributed by atoms with Crippen molar-refractivity contribution in [2.24, 2.45) is 5.92 Å². The molecule has 3 atom stereocenters. The van der Waals surface area contributed by atoms with E-state index in [1.807, 2.05) is 0 Å². The summed E-state index contributed by atoms with van der Waals surface area (Å²) in [5.41, 5.74) is 0.134. The molecule has 2 N–H and O–H groups in total. The molecule has 0 aromatic carbocycles. The van der Waals surface area contributed by atoms with Gasteiger partial charge in [0.25, 0.3) is 0 Å². The number of hydrogen-bond donors (Lipinski definition) is 2. The highest BCUT2D eigenvalue weighted by Crippen LogP contribution is 2.39. The van der Waals surface area contributed by atoms with Crippen LogP contribution in [0.3, 0.4) is 0 Å². The Hall–Kier alpha value is -0.610. The van der Waals surface area contributed by atoms with Gasteiger partial charge in [0.2, 0.25) is 0 Å². The molecule has 1 heterocycles. The largest absolute Gasteiger partial charge is 0.481 e. The zero-order valence-electron chi connectivity index (χ0n) is 13.0. The lowest BCUT2D eigenvalue weighted by atomic mass is 9.77. The lowest BCUT2D eigenvalue weighted by Crippen LogP contribution is -2.51. The molecule has 0 amide bonds. The molecule has 1 aliphatic heterocycles. The molecule has 21 heavy (non-hydrogen) atoms. The molecule has 1 spiro atoms. The summed E-state index contributed by atoms with van der Waals surface area (Å²) in [5.74, 6) is -0.753. The fourth-order valence-corrected chi connectivity index (χ4v) is 4.61. The van der Waals surface area contributed by atoms with Crippen molar-refractivity contribution in [3.8, 4) is 0 Å². The van der Waals surface area contributed by atoms with Crippen LogP contribution >= 0.6 is 0 Å². The number of carboxylic acid groups (broad SMARTS) is 1. The van der Waals surface area contributed by atoms with Crippen LogP contribution in [0.25, 0.3) is 0 Å². The Morgan fingerprint density at radius 1 is 1.05 bits per heavy atom. The van der Waals surface area contributed by atoms with Crippen LogP contribution in [0.1, 0.15) is 70.6 Å². The van der Waals surface area contributed by atoms with Crippen LogP contribution < -0.4 is 5.32 Å². The molecule has 1 saturated heterocycles. The van der Waals surface area contributed by atoms with Crippen LogP contribution in [0.5, 0.6) is 0 Å². The Labute approximate surface area is 127 Å². The number of ether oxygens (including phenoxy) is 1. The summed E-state index contributed by atoms with van der Waals surface area (Å²) in [6.07, 6.45) is 12.4. The first kappa shape index (κ1) is 15.3. The average Bonchev–Trinajstić information content (AvgIpc) is 2.48. The van der Waals surface area contributed by atoms with Crippen molar-refractivity contribution in [1.82, 2.24) is 5.32 Å². The van der Waals surface area contributed by atoms with Crippen LogP contribution in [0.2, 0.25) is 0 Å². The van der Waals surface area contributed by atoms with Crippen molar-refractivity contribution in [2.45, 2.75) is 88.3 Å². The van der Waals surface area contributed by atoms with E-state index in [0.29, 0.717) is 12.1 Å². The standard InChI is InChI=1S/C17H29NO3/c19-16(20)13-5-4-6-14(11-13)18-15-7-10-21-17(12-15)8-2-1-3-9-17/h13-15,18H,1-12H2,(H,19,20). The van der Waals surface area contributed by atoms with Crippen molar-refractivity contribution in [3.05, 3.63) is 0 Å². The smallest absolute Gasteiger partial charge is 0.306 e. The predicted octanol–water partition coefficient (Wildman–Crippen LogP) is 3.10. The molecule has 120 valence electrons. The Kier molecular flexibility index (Phi) is 4.85. The molecule has 0 radical (unpaired) electrons. The third-order valence-corrected chi connectivity index (χ3v) is 5.75. The lowest BCUT2D eigenvalue weighted by molar-refractivity contribution is -0.143. The van der Waals surface area contributed by atoms with Gasteiger partial charge in [0.15, 0.2) is 0 Å². The van der Waals surface area contributed by atoms with Crippen LogP contribution in [-0.2, 0) is 9.53 Å². The third kappa shape index (κ3) is 3.78. The minimum atomic E-state index is -0.614. The molecule has 3 rings (SSSR count). The molecule has 2 aliphatic carbocycles. The van der Waals surface area contributed by atoms with Crippen molar-refractivity contribution < 1.29 is 14.6 Å². The number of carbonyl (C=O) groups is 1. The Morgan fingerprint density at radius 2 is 1.86 bits per heavy atom. The van der Waals surface area contributed by atoms with Crippen LogP contribution in [0.4, 0.5) is 0 Å². The van der Waals surface area contributed by atoms with Gasteiger partial charge in [0, 0.05) is 18.7 Å². The topological polar surface area (TPSA) is 58.6 Å². The van der Waals surface area contributed by atoms with Crippen molar-refractivity contribution in [2.75, 3.05) is 6.61 Å². The number of carboxylic acids is 1. The van der Waals surface area contributed by atoms with Crippen LogP contribution in [0.15, 0.2) is 0 Å². The second kappa shape index (κ2) is 6.66. The second-order valence-electron chi connectivity index (χ2n) is 7.35. The van der Waals surface area contributed by atoms with E-state index in [9.17, 15) is 9.90 Å². The van der Waals surface area contributed by atoms with Crippen molar-refractivity contribution in [3.63, 3.8) is 0 Å². The van der Waals surface area contributed by atoms with Gasteiger partial charge in [-0.1, -0.05) is 25.7 Å². The van der Waals surface area contributed by atoms with Crippen molar-refractivity contribution >= 4 is 5.97 Å². The molecule has 3 fully saturated rings. The van der Waals surface area contributed by atoms with Gasteiger partial charge < -0.3 is 15.2 Å². The maximum atomic E-state index is 11.2. The zero-order valence-corrected chi connectivity index (χ0v) is 13.0. The Morgan fingerprint density at radius 3 is 2.62 bits per heavy atom. The first-order valence-corrected chi connectivity index (χ1v) is 8.80. The van der Waals surface area contributed by atoms with Gasteiger partial charge in [-0.15, -0.1) is 0 Å². The average molecular weight is 295 g/mol. The predicted molar refractivity (Wildman–Crippen MR) is 81.3 cm³/mol. The summed E-state index contributed by atoms with van der Waals surface area (Å²) < 4.78 is 6.15. The highest BCUT2D eigenvalue weighted by Gasteiger charge is 2.39. The van der Waals surface area contributed by atoms with E-state index in [2.05, 4.69) is 5.32 Å². The van der Waals surface area contributed by atoms with Gasteiger partial charge >= 0.3 is 5.97 Å². The zero-order chi connectivity index (χ0) is 14.7. The van der Waals surface area contributed by atoms with Gasteiger partial charge in [-0.2, -0.15) is 0 Å². The van der Waals surface area contributed by atoms with Crippen molar-refractivity contribution in [1.29, 1.82) is 0 Å². The summed E-state index contributed by atoms with van der Waals surface area (Å²) in [5, 5.41) is 13.0. The number of nitrogens with one attached hydrogen (secondary N) is 1. The monoisotopic (exact) mass is 295 g/mol. The summed E-state index contributed by atoms with van der Waals surface area (Å²) in [6.45, 7) is 0.868. The molecule has 4 nitrogen and oxygen atoms in total. The van der Waals surface area contributed by atoms with E-state index in [1.54, 1.807) is 0 Å². The van der Waals surface area contributed by atoms with E-state index >= 15 is 0 Å². The first-order chi connectivity index (χ1) is 10.2. The number of aliphatic carboxylic acids is 1. The van der Waals surface area contributed by atoms with E-state index in [4.69, 9.17) is 4.74 Å². The van der Waals surface area contributed by atoms with E-state index < -0.39 is 5.97 Å². The highest BCUT2D eigenvalue weighted by atomic mass is 16.5. The normalized spacial score (nSPS) is 36.5. The minimum Gasteiger partial charge on any atom is -0.481 e. The van der Waals surface area contributed by atoms with E-state index in [0.717, 1.165) is 45.1 Å². The minimum absolute atomic E-state index is 0.134. The molecule has 4 heteroatoms. The van der Waals surface area contributed by atoms with E-state index in [-0.39, 0.29) is 11.5 Å². The summed E-state index contributed by atoms with van der Waals surface area (Å²) in [7, 11) is 0. The quantitative estimate of drug-likeness (QED) is 0.840. The maximum Gasteiger partial charge on any atom is 0.306 e. The summed E-state index contributed by atoms with van der Waals surface area (Å²) >= 11 is 0. The SMILES string of the molecule is O=C(O)C1CCCC(NC2CCOC3(CCCCC3)C2)C1. The van der Waals surface area contributed by atoms with Gasteiger partial charge in [-0.3, -0.25) is 4.79 Å². The maximum absolute atomic E-state index is 11.2. The molecule has 3 unspecified atom stereocenters.